The molecule has 0 radical (unpaired) electrons. The summed E-state index contributed by atoms with van der Waals surface area (Å²) in [5.74, 6) is 3.33. The van der Waals surface area contributed by atoms with Crippen LogP contribution in [0.15, 0.2) is 12.5 Å². The van der Waals surface area contributed by atoms with E-state index in [1.54, 1.807) is 0 Å². The van der Waals surface area contributed by atoms with Crippen molar-refractivity contribution in [3.63, 3.8) is 0 Å². The van der Waals surface area contributed by atoms with Crippen LogP contribution >= 0.6 is 11.8 Å². The van der Waals surface area contributed by atoms with E-state index in [0.717, 1.165) is 13.1 Å². The molecule has 0 aliphatic carbocycles. The molecular weight excluding hydrogens is 206 g/mol. The Balaban J connectivity index is 1.80. The topological polar surface area (TPSA) is 29.9 Å². The van der Waals surface area contributed by atoms with Crippen LogP contribution in [-0.4, -0.2) is 34.1 Å². The lowest BCUT2D eigenvalue weighted by Crippen LogP contribution is -2.41. The Morgan fingerprint density at radius 2 is 2.13 bits per heavy atom. The highest BCUT2D eigenvalue weighted by Crippen LogP contribution is 2.30. The third kappa shape index (κ3) is 1.81. The zero-order valence-electron chi connectivity index (χ0n) is 8.85. The smallest absolute Gasteiger partial charge is 0.0950 e. The van der Waals surface area contributed by atoms with Crippen molar-refractivity contribution in [2.45, 2.75) is 24.8 Å². The Labute approximate surface area is 94.7 Å². The van der Waals surface area contributed by atoms with Gasteiger partial charge in [0.15, 0.2) is 0 Å². The molecule has 1 aromatic rings. The van der Waals surface area contributed by atoms with E-state index >= 15 is 0 Å². The lowest BCUT2D eigenvalue weighted by molar-refractivity contribution is 0.389. The molecule has 0 bridgehead atoms. The van der Waals surface area contributed by atoms with Gasteiger partial charge in [-0.1, -0.05) is 0 Å². The van der Waals surface area contributed by atoms with Gasteiger partial charge in [0.25, 0.3) is 0 Å². The first kappa shape index (κ1) is 9.73. The van der Waals surface area contributed by atoms with Crippen LogP contribution in [0.25, 0.3) is 0 Å². The molecule has 82 valence electrons. The van der Waals surface area contributed by atoms with Crippen LogP contribution < -0.4 is 5.32 Å². The molecule has 0 saturated carbocycles. The second kappa shape index (κ2) is 4.18. The van der Waals surface area contributed by atoms with Gasteiger partial charge in [-0.25, -0.2) is 4.98 Å². The van der Waals surface area contributed by atoms with Crippen LogP contribution in [0.2, 0.25) is 0 Å². The number of imidazole rings is 1. The molecule has 3 nitrogen and oxygen atoms in total. The highest BCUT2D eigenvalue weighted by Gasteiger charge is 2.25. The zero-order valence-corrected chi connectivity index (χ0v) is 9.67. The highest BCUT2D eigenvalue weighted by atomic mass is 32.2. The molecular formula is C11H17N3S. The zero-order chi connectivity index (χ0) is 10.1. The number of nitrogens with one attached hydrogen (secondary N) is 1. The maximum Gasteiger partial charge on any atom is 0.0950 e. The molecule has 0 atom stereocenters. The SMILES string of the molecule is c1ncn(C2CCSCC2)c1C1CNC1. The van der Waals surface area contributed by atoms with Gasteiger partial charge in [-0.3, -0.25) is 0 Å². The summed E-state index contributed by atoms with van der Waals surface area (Å²) < 4.78 is 2.44. The molecule has 2 saturated heterocycles. The summed E-state index contributed by atoms with van der Waals surface area (Å²) in [5, 5.41) is 3.33. The number of thioether (sulfide) groups is 1. The molecule has 0 spiro atoms. The maximum atomic E-state index is 4.33. The number of rotatable bonds is 2. The molecule has 4 heteroatoms. The third-order valence-corrected chi connectivity index (χ3v) is 4.53. The van der Waals surface area contributed by atoms with Gasteiger partial charge in [0.1, 0.15) is 0 Å². The minimum Gasteiger partial charge on any atom is -0.331 e. The second-order valence-electron chi connectivity index (χ2n) is 4.42. The number of aromatic nitrogens is 2. The Morgan fingerprint density at radius 3 is 2.80 bits per heavy atom. The summed E-state index contributed by atoms with van der Waals surface area (Å²) in [7, 11) is 0. The lowest BCUT2D eigenvalue weighted by atomic mass is 9.99. The van der Waals surface area contributed by atoms with Crippen LogP contribution in [0.5, 0.6) is 0 Å². The molecule has 0 amide bonds. The van der Waals surface area contributed by atoms with Gasteiger partial charge in [0.2, 0.25) is 0 Å². The molecule has 2 aliphatic heterocycles. The van der Waals surface area contributed by atoms with E-state index < -0.39 is 0 Å². The first-order valence-electron chi connectivity index (χ1n) is 5.75. The van der Waals surface area contributed by atoms with Crippen molar-refractivity contribution in [2.75, 3.05) is 24.6 Å². The first-order chi connectivity index (χ1) is 7.45. The summed E-state index contributed by atoms with van der Waals surface area (Å²) in [6, 6.07) is 0.712. The lowest BCUT2D eigenvalue weighted by Gasteiger charge is -2.31. The van der Waals surface area contributed by atoms with Crippen molar-refractivity contribution in [3.05, 3.63) is 18.2 Å². The van der Waals surface area contributed by atoms with Gasteiger partial charge in [-0.15, -0.1) is 0 Å². The van der Waals surface area contributed by atoms with Crippen LogP contribution in [0.3, 0.4) is 0 Å². The molecule has 0 unspecified atom stereocenters. The minimum atomic E-state index is 0.710. The third-order valence-electron chi connectivity index (χ3n) is 3.48. The van der Waals surface area contributed by atoms with Crippen LogP contribution in [0, 0.1) is 0 Å². The Hall–Kier alpha value is -0.480. The largest absolute Gasteiger partial charge is 0.331 e. The predicted octanol–water partition coefficient (Wildman–Crippen LogP) is 1.64. The number of hydrogen-bond donors (Lipinski definition) is 1. The number of hydrogen-bond acceptors (Lipinski definition) is 3. The monoisotopic (exact) mass is 223 g/mol. The van der Waals surface area contributed by atoms with E-state index in [2.05, 4.69) is 32.8 Å². The molecule has 1 aromatic heterocycles. The van der Waals surface area contributed by atoms with Crippen LogP contribution in [0.1, 0.15) is 30.5 Å². The van der Waals surface area contributed by atoms with Crippen molar-refractivity contribution in [2.24, 2.45) is 0 Å². The van der Waals surface area contributed by atoms with Gasteiger partial charge in [0, 0.05) is 36.9 Å². The van der Waals surface area contributed by atoms with Gasteiger partial charge >= 0.3 is 0 Å². The molecule has 0 aromatic carbocycles. The van der Waals surface area contributed by atoms with E-state index in [1.807, 2.05) is 6.33 Å². The second-order valence-corrected chi connectivity index (χ2v) is 5.65. The molecule has 1 N–H and O–H groups in total. The molecule has 3 heterocycles. The molecule has 2 fully saturated rings. The van der Waals surface area contributed by atoms with Crippen LogP contribution in [-0.2, 0) is 0 Å². The van der Waals surface area contributed by atoms with Crippen molar-refractivity contribution in [1.29, 1.82) is 0 Å². The van der Waals surface area contributed by atoms with Crippen molar-refractivity contribution in [1.82, 2.24) is 14.9 Å². The van der Waals surface area contributed by atoms with Crippen molar-refractivity contribution < 1.29 is 0 Å². The normalized spacial score (nSPS) is 24.0. The summed E-state index contributed by atoms with van der Waals surface area (Å²) in [5.41, 5.74) is 1.45. The van der Waals surface area contributed by atoms with E-state index in [-0.39, 0.29) is 0 Å². The van der Waals surface area contributed by atoms with Crippen molar-refractivity contribution >= 4 is 11.8 Å². The summed E-state index contributed by atoms with van der Waals surface area (Å²) >= 11 is 2.08. The summed E-state index contributed by atoms with van der Waals surface area (Å²) in [6.07, 6.45) is 6.73. The predicted molar refractivity (Wildman–Crippen MR) is 63.4 cm³/mol. The van der Waals surface area contributed by atoms with Gasteiger partial charge in [0.05, 0.1) is 6.33 Å². The first-order valence-corrected chi connectivity index (χ1v) is 6.91. The Morgan fingerprint density at radius 1 is 1.33 bits per heavy atom. The van der Waals surface area contributed by atoms with E-state index in [0.29, 0.717) is 12.0 Å². The summed E-state index contributed by atoms with van der Waals surface area (Å²) in [6.45, 7) is 2.26. The maximum absolute atomic E-state index is 4.33. The highest BCUT2D eigenvalue weighted by molar-refractivity contribution is 7.99. The van der Waals surface area contributed by atoms with E-state index in [1.165, 1.54) is 30.0 Å². The Bertz CT molecular complexity index is 326. The van der Waals surface area contributed by atoms with Gasteiger partial charge < -0.3 is 9.88 Å². The van der Waals surface area contributed by atoms with Crippen molar-refractivity contribution in [3.8, 4) is 0 Å². The fourth-order valence-electron chi connectivity index (χ4n) is 2.40. The molecule has 2 aliphatic rings. The van der Waals surface area contributed by atoms with E-state index in [9.17, 15) is 0 Å². The average Bonchev–Trinajstić information content (AvgIpc) is 2.65. The standard InChI is InChI=1S/C11H17N3S/c1-3-15-4-2-10(1)14-8-13-7-11(14)9-5-12-6-9/h7-10,12H,1-6H2. The molecule has 3 rings (SSSR count). The van der Waals surface area contributed by atoms with Gasteiger partial charge in [-0.05, 0) is 24.3 Å². The quantitative estimate of drug-likeness (QED) is 0.826. The average molecular weight is 223 g/mol. The minimum absolute atomic E-state index is 0.710. The fraction of sp³-hybridized carbons (Fsp3) is 0.727. The van der Waals surface area contributed by atoms with Gasteiger partial charge in [-0.2, -0.15) is 11.8 Å². The fourth-order valence-corrected chi connectivity index (χ4v) is 3.48. The molecule has 15 heavy (non-hydrogen) atoms. The van der Waals surface area contributed by atoms with E-state index in [4.69, 9.17) is 0 Å². The number of nitrogens with zero attached hydrogens (tertiary/aromatic N) is 2. The Kier molecular flexibility index (Phi) is 2.71. The summed E-state index contributed by atoms with van der Waals surface area (Å²) in [4.78, 5) is 4.33. The van der Waals surface area contributed by atoms with Crippen LogP contribution in [0.4, 0.5) is 0 Å².